The molecule has 1 atom stereocenters. The van der Waals surface area contributed by atoms with Gasteiger partial charge in [-0.2, -0.15) is 13.2 Å². The first-order valence-corrected chi connectivity index (χ1v) is 5.11. The SMILES string of the molecule is CNCC(c1ccc(Cl)s1)C(F)(F)F. The standard InChI is InChI=1S/C8H9ClF3NS/c1-13-4-5(8(10,11)12)6-2-3-7(9)14-6/h2-3,5,13H,4H2,1H3. The lowest BCUT2D eigenvalue weighted by Crippen LogP contribution is -2.29. The zero-order chi connectivity index (χ0) is 10.8. The molecule has 6 heteroatoms. The summed E-state index contributed by atoms with van der Waals surface area (Å²) in [4.78, 5) is 0.247. The van der Waals surface area contributed by atoms with Gasteiger partial charge in [-0.15, -0.1) is 11.3 Å². The predicted octanol–water partition coefficient (Wildman–Crippen LogP) is 3.27. The van der Waals surface area contributed by atoms with Gasteiger partial charge in [-0.25, -0.2) is 0 Å². The highest BCUT2D eigenvalue weighted by atomic mass is 35.5. The Balaban J connectivity index is 2.88. The Kier molecular flexibility index (Phi) is 3.80. The van der Waals surface area contributed by atoms with Gasteiger partial charge in [0.2, 0.25) is 0 Å². The predicted molar refractivity (Wildman–Crippen MR) is 52.1 cm³/mol. The van der Waals surface area contributed by atoms with Gasteiger partial charge < -0.3 is 5.32 Å². The normalized spacial score (nSPS) is 14.4. The fourth-order valence-corrected chi connectivity index (χ4v) is 2.28. The second-order valence-electron chi connectivity index (χ2n) is 2.79. The Morgan fingerprint density at radius 1 is 1.50 bits per heavy atom. The molecule has 0 aromatic carbocycles. The van der Waals surface area contributed by atoms with E-state index in [1.165, 1.54) is 19.2 Å². The van der Waals surface area contributed by atoms with E-state index in [-0.39, 0.29) is 11.4 Å². The number of hydrogen-bond donors (Lipinski definition) is 1. The van der Waals surface area contributed by atoms with Gasteiger partial charge >= 0.3 is 6.18 Å². The summed E-state index contributed by atoms with van der Waals surface area (Å²) in [6, 6.07) is 2.90. The molecule has 0 spiro atoms. The van der Waals surface area contributed by atoms with Crippen molar-refractivity contribution in [3.8, 4) is 0 Å². The first kappa shape index (κ1) is 11.8. The molecule has 0 saturated heterocycles. The third-order valence-corrected chi connectivity index (χ3v) is 3.09. The van der Waals surface area contributed by atoms with Crippen molar-refractivity contribution < 1.29 is 13.2 Å². The highest BCUT2D eigenvalue weighted by Gasteiger charge is 2.40. The molecule has 80 valence electrons. The smallest absolute Gasteiger partial charge is 0.319 e. The van der Waals surface area contributed by atoms with E-state index in [0.717, 1.165) is 11.3 Å². The Labute approximate surface area is 88.9 Å². The van der Waals surface area contributed by atoms with Crippen molar-refractivity contribution in [3.63, 3.8) is 0 Å². The van der Waals surface area contributed by atoms with Crippen molar-refractivity contribution in [1.82, 2.24) is 5.32 Å². The van der Waals surface area contributed by atoms with Crippen molar-refractivity contribution in [3.05, 3.63) is 21.3 Å². The third-order valence-electron chi connectivity index (χ3n) is 1.74. The molecule has 0 amide bonds. The zero-order valence-electron chi connectivity index (χ0n) is 7.36. The maximum atomic E-state index is 12.5. The molecule has 1 aromatic rings. The topological polar surface area (TPSA) is 12.0 Å². The molecule has 0 aliphatic rings. The molecule has 1 aromatic heterocycles. The van der Waals surface area contributed by atoms with Crippen LogP contribution in [0.25, 0.3) is 0 Å². The van der Waals surface area contributed by atoms with Crippen LogP contribution in [-0.4, -0.2) is 19.8 Å². The maximum absolute atomic E-state index is 12.5. The summed E-state index contributed by atoms with van der Waals surface area (Å²) in [5, 5.41) is 2.53. The second kappa shape index (κ2) is 4.51. The van der Waals surface area contributed by atoms with Gasteiger partial charge in [-0.05, 0) is 19.2 Å². The van der Waals surface area contributed by atoms with Crippen LogP contribution in [0.2, 0.25) is 4.34 Å². The van der Waals surface area contributed by atoms with E-state index < -0.39 is 12.1 Å². The van der Waals surface area contributed by atoms with Gasteiger partial charge in [0.1, 0.15) is 5.92 Å². The van der Waals surface area contributed by atoms with Gasteiger partial charge in [-0.1, -0.05) is 11.6 Å². The summed E-state index contributed by atoms with van der Waals surface area (Å²) in [7, 11) is 1.49. The van der Waals surface area contributed by atoms with E-state index in [1.54, 1.807) is 0 Å². The van der Waals surface area contributed by atoms with Crippen molar-refractivity contribution in [2.75, 3.05) is 13.6 Å². The quantitative estimate of drug-likeness (QED) is 0.859. The van der Waals surface area contributed by atoms with Crippen molar-refractivity contribution in [2.24, 2.45) is 0 Å². The number of thiophene rings is 1. The van der Waals surface area contributed by atoms with Gasteiger partial charge in [0, 0.05) is 11.4 Å². The van der Waals surface area contributed by atoms with Gasteiger partial charge in [0.05, 0.1) is 4.34 Å². The number of rotatable bonds is 3. The molecule has 1 N–H and O–H groups in total. The lowest BCUT2D eigenvalue weighted by molar-refractivity contribution is -0.148. The summed E-state index contributed by atoms with van der Waals surface area (Å²) in [6.45, 7) is -0.125. The van der Waals surface area contributed by atoms with Crippen LogP contribution in [0.5, 0.6) is 0 Å². The minimum Gasteiger partial charge on any atom is -0.319 e. The molecule has 0 bridgehead atoms. The van der Waals surface area contributed by atoms with Crippen LogP contribution in [0.4, 0.5) is 13.2 Å². The van der Waals surface area contributed by atoms with Crippen molar-refractivity contribution in [1.29, 1.82) is 0 Å². The van der Waals surface area contributed by atoms with Gasteiger partial charge in [-0.3, -0.25) is 0 Å². The summed E-state index contributed by atoms with van der Waals surface area (Å²) >= 11 is 6.55. The molecule has 1 rings (SSSR count). The summed E-state index contributed by atoms with van der Waals surface area (Å²) < 4.78 is 38.0. The number of hydrogen-bond acceptors (Lipinski definition) is 2. The largest absolute Gasteiger partial charge is 0.397 e. The molecule has 0 radical (unpaired) electrons. The molecule has 14 heavy (non-hydrogen) atoms. The van der Waals surface area contributed by atoms with Crippen LogP contribution < -0.4 is 5.32 Å². The fraction of sp³-hybridized carbons (Fsp3) is 0.500. The van der Waals surface area contributed by atoms with Crippen LogP contribution in [0.1, 0.15) is 10.8 Å². The number of likely N-dealkylation sites (N-methyl/N-ethyl adjacent to an activating group) is 1. The van der Waals surface area contributed by atoms with Crippen LogP contribution >= 0.6 is 22.9 Å². The van der Waals surface area contributed by atoms with E-state index in [1.807, 2.05) is 0 Å². The molecule has 1 heterocycles. The van der Waals surface area contributed by atoms with Gasteiger partial charge in [0.25, 0.3) is 0 Å². The van der Waals surface area contributed by atoms with Crippen LogP contribution in [-0.2, 0) is 0 Å². The molecular weight excluding hydrogens is 235 g/mol. The highest BCUT2D eigenvalue weighted by Crippen LogP contribution is 2.38. The monoisotopic (exact) mass is 243 g/mol. The van der Waals surface area contributed by atoms with E-state index in [9.17, 15) is 13.2 Å². The summed E-state index contributed by atoms with van der Waals surface area (Å²) in [5.41, 5.74) is 0. The fourth-order valence-electron chi connectivity index (χ4n) is 1.10. The second-order valence-corrected chi connectivity index (χ2v) is 4.54. The van der Waals surface area contributed by atoms with Crippen LogP contribution in [0.15, 0.2) is 12.1 Å². The molecule has 1 nitrogen and oxygen atoms in total. The van der Waals surface area contributed by atoms with E-state index in [4.69, 9.17) is 11.6 Å². The van der Waals surface area contributed by atoms with Gasteiger partial charge in [0.15, 0.2) is 0 Å². The Bertz CT molecular complexity index is 297. The molecule has 0 fully saturated rings. The molecule has 0 saturated carbocycles. The first-order valence-electron chi connectivity index (χ1n) is 3.91. The van der Waals surface area contributed by atoms with E-state index in [2.05, 4.69) is 5.32 Å². The molecule has 0 aliphatic carbocycles. The highest BCUT2D eigenvalue weighted by molar-refractivity contribution is 7.16. The third kappa shape index (κ3) is 2.87. The van der Waals surface area contributed by atoms with Crippen molar-refractivity contribution in [2.45, 2.75) is 12.1 Å². The van der Waals surface area contributed by atoms with Crippen molar-refractivity contribution >= 4 is 22.9 Å². The lowest BCUT2D eigenvalue weighted by Gasteiger charge is -2.18. The average Bonchev–Trinajstić information content (AvgIpc) is 2.45. The van der Waals surface area contributed by atoms with Crippen LogP contribution in [0.3, 0.4) is 0 Å². The lowest BCUT2D eigenvalue weighted by atomic mass is 10.1. The first-order chi connectivity index (χ1) is 6.45. The van der Waals surface area contributed by atoms with Crippen LogP contribution in [0, 0.1) is 0 Å². The molecule has 0 aliphatic heterocycles. The Morgan fingerprint density at radius 2 is 2.14 bits per heavy atom. The minimum absolute atomic E-state index is 0.125. The molecular formula is C8H9ClF3NS. The van der Waals surface area contributed by atoms with E-state index in [0.29, 0.717) is 4.34 Å². The Morgan fingerprint density at radius 3 is 2.50 bits per heavy atom. The minimum atomic E-state index is -4.23. The number of nitrogens with one attached hydrogen (secondary N) is 1. The molecule has 1 unspecified atom stereocenters. The summed E-state index contributed by atoms with van der Waals surface area (Å²) in [6.07, 6.45) is -4.23. The number of alkyl halides is 3. The number of halogens is 4. The average molecular weight is 244 g/mol. The van der Waals surface area contributed by atoms with E-state index >= 15 is 0 Å². The zero-order valence-corrected chi connectivity index (χ0v) is 8.93. The maximum Gasteiger partial charge on any atom is 0.397 e. The summed E-state index contributed by atoms with van der Waals surface area (Å²) in [5.74, 6) is -1.47. The Hall–Kier alpha value is -0.260.